The maximum Gasteiger partial charge on any atom is 0.321 e. The van der Waals surface area contributed by atoms with Gasteiger partial charge in [0.1, 0.15) is 6.04 Å². The van der Waals surface area contributed by atoms with Gasteiger partial charge in [0.15, 0.2) is 0 Å². The van der Waals surface area contributed by atoms with E-state index in [0.29, 0.717) is 12.5 Å². The van der Waals surface area contributed by atoms with Gasteiger partial charge in [-0.2, -0.15) is 0 Å². The molecule has 112 valence electrons. The molecule has 3 unspecified atom stereocenters. The number of amides is 1. The zero-order chi connectivity index (χ0) is 14.8. The van der Waals surface area contributed by atoms with Crippen molar-refractivity contribution in [1.29, 1.82) is 0 Å². The van der Waals surface area contributed by atoms with Crippen LogP contribution in [0.15, 0.2) is 18.5 Å². The summed E-state index contributed by atoms with van der Waals surface area (Å²) in [5, 5.41) is 12.0. The molecule has 1 aliphatic heterocycles. The molecule has 2 fully saturated rings. The first-order chi connectivity index (χ1) is 10.1. The topological polar surface area (TPSA) is 95.4 Å². The predicted molar refractivity (Wildman–Crippen MR) is 74.5 cm³/mol. The predicted octanol–water partition coefficient (Wildman–Crippen LogP) is 0.600. The molecule has 0 aromatic carbocycles. The molecule has 2 heterocycles. The van der Waals surface area contributed by atoms with Crippen LogP contribution in [0.4, 0.5) is 5.95 Å². The number of hydrogen-bond donors (Lipinski definition) is 2. The summed E-state index contributed by atoms with van der Waals surface area (Å²) in [6.07, 6.45) is 6.19. The third-order valence-electron chi connectivity index (χ3n) is 4.40. The zero-order valence-electron chi connectivity index (χ0n) is 11.6. The summed E-state index contributed by atoms with van der Waals surface area (Å²) in [5.74, 6) is -0.260. The second-order valence-electron chi connectivity index (χ2n) is 5.69. The molecule has 1 aromatic heterocycles. The van der Waals surface area contributed by atoms with Crippen LogP contribution in [0.25, 0.3) is 0 Å². The van der Waals surface area contributed by atoms with E-state index in [4.69, 9.17) is 0 Å². The van der Waals surface area contributed by atoms with Gasteiger partial charge in [-0.25, -0.2) is 9.97 Å². The number of carboxylic acids is 1. The van der Waals surface area contributed by atoms with Crippen molar-refractivity contribution < 1.29 is 14.7 Å². The number of carboxylic acid groups (broad SMARTS) is 1. The van der Waals surface area contributed by atoms with Crippen LogP contribution < -0.4 is 5.32 Å². The highest BCUT2D eigenvalue weighted by Gasteiger charge is 2.47. The van der Waals surface area contributed by atoms with Gasteiger partial charge in [-0.05, 0) is 30.7 Å². The van der Waals surface area contributed by atoms with Crippen molar-refractivity contribution in [2.24, 2.45) is 11.8 Å². The first kappa shape index (κ1) is 13.9. The van der Waals surface area contributed by atoms with Gasteiger partial charge >= 0.3 is 5.97 Å². The largest absolute Gasteiger partial charge is 0.480 e. The van der Waals surface area contributed by atoms with E-state index >= 15 is 0 Å². The van der Waals surface area contributed by atoms with Crippen molar-refractivity contribution in [2.75, 3.05) is 18.4 Å². The Balaban J connectivity index is 1.64. The van der Waals surface area contributed by atoms with Gasteiger partial charge in [-0.3, -0.25) is 19.8 Å². The van der Waals surface area contributed by atoms with Crippen molar-refractivity contribution in [2.45, 2.75) is 25.3 Å². The molecule has 1 saturated carbocycles. The quantitative estimate of drug-likeness (QED) is 0.843. The molecule has 2 aliphatic rings. The van der Waals surface area contributed by atoms with E-state index in [0.717, 1.165) is 19.3 Å². The molecule has 0 bridgehead atoms. The van der Waals surface area contributed by atoms with Gasteiger partial charge in [0.25, 0.3) is 0 Å². The van der Waals surface area contributed by atoms with E-state index in [-0.39, 0.29) is 24.3 Å². The number of aromatic nitrogens is 2. The maximum absolute atomic E-state index is 12.0. The number of aliphatic carboxylic acids is 1. The molecule has 0 radical (unpaired) electrons. The second-order valence-corrected chi connectivity index (χ2v) is 5.69. The molecule has 7 heteroatoms. The Hall–Kier alpha value is -2.02. The third-order valence-corrected chi connectivity index (χ3v) is 4.40. The highest BCUT2D eigenvalue weighted by Crippen LogP contribution is 2.42. The lowest BCUT2D eigenvalue weighted by atomic mass is 9.94. The summed E-state index contributed by atoms with van der Waals surface area (Å²) in [7, 11) is 0. The van der Waals surface area contributed by atoms with E-state index in [1.807, 2.05) is 0 Å². The summed E-state index contributed by atoms with van der Waals surface area (Å²) in [6, 6.07) is 1.12. The van der Waals surface area contributed by atoms with Crippen molar-refractivity contribution in [1.82, 2.24) is 14.9 Å². The monoisotopic (exact) mass is 290 g/mol. The summed E-state index contributed by atoms with van der Waals surface area (Å²) < 4.78 is 0. The summed E-state index contributed by atoms with van der Waals surface area (Å²) in [6.45, 7) is 0.757. The Morgan fingerprint density at radius 3 is 2.81 bits per heavy atom. The minimum Gasteiger partial charge on any atom is -0.480 e. The summed E-state index contributed by atoms with van der Waals surface area (Å²) in [5.41, 5.74) is 0. The van der Waals surface area contributed by atoms with Crippen molar-refractivity contribution in [3.63, 3.8) is 0 Å². The van der Waals surface area contributed by atoms with E-state index in [1.54, 1.807) is 23.4 Å². The molecule has 7 nitrogen and oxygen atoms in total. The Morgan fingerprint density at radius 1 is 1.33 bits per heavy atom. The molecule has 3 atom stereocenters. The summed E-state index contributed by atoms with van der Waals surface area (Å²) >= 11 is 0. The average molecular weight is 290 g/mol. The lowest BCUT2D eigenvalue weighted by molar-refractivity contribution is -0.143. The van der Waals surface area contributed by atoms with Gasteiger partial charge in [0, 0.05) is 18.9 Å². The zero-order valence-corrected chi connectivity index (χ0v) is 11.6. The van der Waals surface area contributed by atoms with Gasteiger partial charge in [-0.15, -0.1) is 0 Å². The van der Waals surface area contributed by atoms with Crippen LogP contribution in [0.3, 0.4) is 0 Å². The molecule has 0 spiro atoms. The van der Waals surface area contributed by atoms with E-state index < -0.39 is 12.0 Å². The third kappa shape index (κ3) is 2.87. The highest BCUT2D eigenvalue weighted by atomic mass is 16.4. The highest BCUT2D eigenvalue weighted by molar-refractivity contribution is 5.91. The lowest BCUT2D eigenvalue weighted by Crippen LogP contribution is -2.43. The van der Waals surface area contributed by atoms with Crippen LogP contribution in [0.2, 0.25) is 0 Å². The van der Waals surface area contributed by atoms with Crippen molar-refractivity contribution in [3.05, 3.63) is 18.5 Å². The maximum atomic E-state index is 12.0. The fourth-order valence-corrected chi connectivity index (χ4v) is 3.61. The van der Waals surface area contributed by atoms with Crippen LogP contribution in [-0.4, -0.2) is 51.0 Å². The van der Waals surface area contributed by atoms with Crippen LogP contribution in [0.1, 0.15) is 19.3 Å². The fraction of sp³-hybridized carbons (Fsp3) is 0.571. The number of hydrogen-bond acceptors (Lipinski definition) is 5. The van der Waals surface area contributed by atoms with Gasteiger partial charge < -0.3 is 5.11 Å². The normalized spacial score (nSPS) is 28.3. The first-order valence-corrected chi connectivity index (χ1v) is 7.19. The lowest BCUT2D eigenvalue weighted by Gasteiger charge is -2.23. The molecule has 1 amide bonds. The van der Waals surface area contributed by atoms with Crippen LogP contribution in [-0.2, 0) is 9.59 Å². The van der Waals surface area contributed by atoms with Crippen LogP contribution >= 0.6 is 0 Å². The Bertz CT molecular complexity index is 536. The molecular weight excluding hydrogens is 272 g/mol. The molecule has 1 aliphatic carbocycles. The molecule has 1 aromatic rings. The molecule has 21 heavy (non-hydrogen) atoms. The van der Waals surface area contributed by atoms with E-state index in [2.05, 4.69) is 15.3 Å². The number of nitrogens with one attached hydrogen (secondary N) is 1. The van der Waals surface area contributed by atoms with Crippen LogP contribution in [0.5, 0.6) is 0 Å². The number of nitrogens with zero attached hydrogens (tertiary/aromatic N) is 3. The Labute approximate surface area is 122 Å². The molecule has 3 rings (SSSR count). The van der Waals surface area contributed by atoms with Gasteiger partial charge in [0.2, 0.25) is 11.9 Å². The molecule has 2 N–H and O–H groups in total. The van der Waals surface area contributed by atoms with E-state index in [1.165, 1.54) is 0 Å². The first-order valence-electron chi connectivity index (χ1n) is 7.19. The SMILES string of the molecule is O=C(CN1CC2CCCC2C1C(=O)O)Nc1ncccn1. The smallest absolute Gasteiger partial charge is 0.321 e. The van der Waals surface area contributed by atoms with Gasteiger partial charge in [0.05, 0.1) is 6.54 Å². The van der Waals surface area contributed by atoms with E-state index in [9.17, 15) is 14.7 Å². The molecule has 1 saturated heterocycles. The number of carbonyl (C=O) groups excluding carboxylic acids is 1. The number of rotatable bonds is 4. The fourth-order valence-electron chi connectivity index (χ4n) is 3.61. The second kappa shape index (κ2) is 5.77. The number of fused-ring (bicyclic) bond motifs is 1. The Kier molecular flexibility index (Phi) is 3.83. The average Bonchev–Trinajstić information content (AvgIpc) is 2.99. The minimum atomic E-state index is -0.826. The standard InChI is InChI=1S/C14H18N4O3/c19-11(17-14-15-5-2-6-16-14)8-18-7-9-3-1-4-10(9)12(18)13(20)21/h2,5-6,9-10,12H,1,3-4,7-8H2,(H,20,21)(H,15,16,17,19). The molecular formula is C14H18N4O3. The number of likely N-dealkylation sites (tertiary alicyclic amines) is 1. The van der Waals surface area contributed by atoms with Gasteiger partial charge in [-0.1, -0.05) is 6.42 Å². The summed E-state index contributed by atoms with van der Waals surface area (Å²) in [4.78, 5) is 33.2. The minimum absolute atomic E-state index is 0.0716. The van der Waals surface area contributed by atoms with Crippen LogP contribution in [0, 0.1) is 11.8 Å². The number of carbonyl (C=O) groups is 2. The van der Waals surface area contributed by atoms with Crippen molar-refractivity contribution >= 4 is 17.8 Å². The van der Waals surface area contributed by atoms with Crippen molar-refractivity contribution in [3.8, 4) is 0 Å². The Morgan fingerprint density at radius 2 is 2.10 bits per heavy atom. The number of anilines is 1.